The Kier molecular flexibility index (Phi) is 3.42. The summed E-state index contributed by atoms with van der Waals surface area (Å²) in [7, 11) is 0. The van der Waals surface area contributed by atoms with E-state index in [1.165, 1.54) is 12.1 Å². The van der Waals surface area contributed by atoms with Crippen LogP contribution in [0.1, 0.15) is 11.6 Å². The molecule has 0 heterocycles. The Bertz CT molecular complexity index is 280. The van der Waals surface area contributed by atoms with Crippen LogP contribution < -0.4 is 5.73 Å². The number of hydrogen-bond acceptors (Lipinski definition) is 2. The van der Waals surface area contributed by atoms with Crippen molar-refractivity contribution in [3.05, 3.63) is 33.1 Å². The molecule has 1 atom stereocenters. The van der Waals surface area contributed by atoms with Gasteiger partial charge in [-0.1, -0.05) is 0 Å². The van der Waals surface area contributed by atoms with Gasteiger partial charge in [-0.05, 0) is 46.4 Å². The molecule has 0 aromatic heterocycles. The quantitative estimate of drug-likeness (QED) is 0.805. The van der Waals surface area contributed by atoms with Crippen molar-refractivity contribution in [1.82, 2.24) is 0 Å². The number of hydrogen-bond donors (Lipinski definition) is 2. The maximum Gasteiger partial charge on any atom is 0.123 e. The third-order valence-electron chi connectivity index (χ3n) is 1.55. The van der Waals surface area contributed by atoms with Gasteiger partial charge in [0.15, 0.2) is 0 Å². The van der Waals surface area contributed by atoms with E-state index in [0.29, 0.717) is 5.56 Å². The average molecular weight is 281 g/mol. The second-order valence-electron chi connectivity index (χ2n) is 2.45. The van der Waals surface area contributed by atoms with Gasteiger partial charge in [0.1, 0.15) is 5.82 Å². The fourth-order valence-corrected chi connectivity index (χ4v) is 1.63. The first kappa shape index (κ1) is 9.88. The number of rotatable bonds is 2. The highest BCUT2D eigenvalue weighted by Crippen LogP contribution is 2.18. The minimum Gasteiger partial charge on any atom is -0.394 e. The van der Waals surface area contributed by atoms with Gasteiger partial charge in [0, 0.05) is 3.57 Å². The lowest BCUT2D eigenvalue weighted by Crippen LogP contribution is -2.15. The molecule has 12 heavy (non-hydrogen) atoms. The summed E-state index contributed by atoms with van der Waals surface area (Å²) >= 11 is 2.06. The second-order valence-corrected chi connectivity index (χ2v) is 3.62. The van der Waals surface area contributed by atoms with Crippen molar-refractivity contribution in [1.29, 1.82) is 0 Å². The van der Waals surface area contributed by atoms with Gasteiger partial charge >= 0.3 is 0 Å². The summed E-state index contributed by atoms with van der Waals surface area (Å²) in [5.41, 5.74) is 6.19. The first-order valence-corrected chi connectivity index (χ1v) is 4.54. The van der Waals surface area contributed by atoms with Crippen LogP contribution in [0.25, 0.3) is 0 Å². The predicted molar refractivity (Wildman–Crippen MR) is 53.1 cm³/mol. The van der Waals surface area contributed by atoms with E-state index in [1.54, 1.807) is 6.07 Å². The zero-order valence-corrected chi connectivity index (χ0v) is 8.45. The molecule has 0 saturated carbocycles. The minimum absolute atomic E-state index is 0.167. The molecule has 1 rings (SSSR count). The Morgan fingerprint density at radius 2 is 2.25 bits per heavy atom. The van der Waals surface area contributed by atoms with Crippen molar-refractivity contribution in [2.45, 2.75) is 6.04 Å². The molecule has 0 bridgehead atoms. The Hall–Kier alpha value is -0.200. The molecule has 0 spiro atoms. The van der Waals surface area contributed by atoms with Crippen LogP contribution in [0.5, 0.6) is 0 Å². The Morgan fingerprint density at radius 1 is 1.58 bits per heavy atom. The molecule has 3 N–H and O–H groups in total. The van der Waals surface area contributed by atoms with E-state index < -0.39 is 6.04 Å². The molecule has 0 fully saturated rings. The maximum absolute atomic E-state index is 12.7. The largest absolute Gasteiger partial charge is 0.394 e. The summed E-state index contributed by atoms with van der Waals surface area (Å²) in [4.78, 5) is 0. The van der Waals surface area contributed by atoms with Crippen LogP contribution in [0, 0.1) is 9.39 Å². The van der Waals surface area contributed by atoms with Crippen molar-refractivity contribution >= 4 is 22.6 Å². The fraction of sp³-hybridized carbons (Fsp3) is 0.250. The Morgan fingerprint density at radius 3 is 2.83 bits per heavy atom. The molecular formula is C8H9FINO. The van der Waals surface area contributed by atoms with Gasteiger partial charge in [-0.3, -0.25) is 0 Å². The molecule has 0 aliphatic carbocycles. The third kappa shape index (κ3) is 2.15. The van der Waals surface area contributed by atoms with Gasteiger partial charge in [-0.2, -0.15) is 0 Å². The topological polar surface area (TPSA) is 46.2 Å². The molecule has 2 nitrogen and oxygen atoms in total. The van der Waals surface area contributed by atoms with Crippen molar-refractivity contribution in [3.8, 4) is 0 Å². The van der Waals surface area contributed by atoms with Crippen LogP contribution in [0.2, 0.25) is 0 Å². The van der Waals surface area contributed by atoms with E-state index in [1.807, 2.05) is 0 Å². The van der Waals surface area contributed by atoms with Crippen LogP contribution in [0.3, 0.4) is 0 Å². The van der Waals surface area contributed by atoms with Crippen LogP contribution in [0.4, 0.5) is 4.39 Å². The monoisotopic (exact) mass is 281 g/mol. The highest BCUT2D eigenvalue weighted by Gasteiger charge is 2.08. The fourth-order valence-electron chi connectivity index (χ4n) is 0.897. The lowest BCUT2D eigenvalue weighted by Gasteiger charge is -2.10. The van der Waals surface area contributed by atoms with Crippen molar-refractivity contribution in [2.24, 2.45) is 5.73 Å². The molecule has 1 aromatic carbocycles. The molecule has 0 saturated heterocycles. The van der Waals surface area contributed by atoms with Crippen LogP contribution in [-0.4, -0.2) is 11.7 Å². The van der Waals surface area contributed by atoms with E-state index in [9.17, 15) is 4.39 Å². The second kappa shape index (κ2) is 4.15. The molecule has 66 valence electrons. The van der Waals surface area contributed by atoms with Crippen molar-refractivity contribution in [2.75, 3.05) is 6.61 Å². The lowest BCUT2D eigenvalue weighted by molar-refractivity contribution is 0.267. The van der Waals surface area contributed by atoms with Crippen LogP contribution >= 0.6 is 22.6 Å². The summed E-state index contributed by atoms with van der Waals surface area (Å²) in [6, 6.07) is 3.87. The highest BCUT2D eigenvalue weighted by atomic mass is 127. The average Bonchev–Trinajstić information content (AvgIpc) is 2.08. The molecule has 0 aliphatic heterocycles. The SMILES string of the molecule is N[C@@H](CO)c1cc(F)ccc1I. The molecular weight excluding hydrogens is 272 g/mol. The number of aliphatic hydroxyl groups is 1. The van der Waals surface area contributed by atoms with Crippen molar-refractivity contribution < 1.29 is 9.50 Å². The van der Waals surface area contributed by atoms with E-state index in [2.05, 4.69) is 22.6 Å². The normalized spacial score (nSPS) is 13.0. The minimum atomic E-state index is -0.493. The lowest BCUT2D eigenvalue weighted by atomic mass is 10.1. The first-order chi connectivity index (χ1) is 5.65. The molecule has 1 aromatic rings. The van der Waals surface area contributed by atoms with E-state index in [0.717, 1.165) is 3.57 Å². The summed E-state index contributed by atoms with van der Waals surface area (Å²) < 4.78 is 13.6. The van der Waals surface area contributed by atoms with E-state index >= 15 is 0 Å². The molecule has 0 unspecified atom stereocenters. The number of nitrogens with two attached hydrogens (primary N) is 1. The molecule has 4 heteroatoms. The van der Waals surface area contributed by atoms with Gasteiger partial charge in [-0.25, -0.2) is 4.39 Å². The number of benzene rings is 1. The highest BCUT2D eigenvalue weighted by molar-refractivity contribution is 14.1. The molecule has 0 amide bonds. The Labute approximate surface area is 83.7 Å². The zero-order chi connectivity index (χ0) is 9.14. The van der Waals surface area contributed by atoms with E-state index in [4.69, 9.17) is 10.8 Å². The number of aliphatic hydroxyl groups excluding tert-OH is 1. The first-order valence-electron chi connectivity index (χ1n) is 3.46. The van der Waals surface area contributed by atoms with Gasteiger partial charge in [-0.15, -0.1) is 0 Å². The van der Waals surface area contributed by atoms with Crippen LogP contribution in [0.15, 0.2) is 18.2 Å². The van der Waals surface area contributed by atoms with E-state index in [-0.39, 0.29) is 12.4 Å². The van der Waals surface area contributed by atoms with Gasteiger partial charge < -0.3 is 10.8 Å². The van der Waals surface area contributed by atoms with Crippen LogP contribution in [-0.2, 0) is 0 Å². The molecule has 0 radical (unpaired) electrons. The van der Waals surface area contributed by atoms with Gasteiger partial charge in [0.05, 0.1) is 12.6 Å². The number of halogens is 2. The smallest absolute Gasteiger partial charge is 0.123 e. The standard InChI is InChI=1S/C8H9FINO/c9-5-1-2-7(10)6(3-5)8(11)4-12/h1-3,8,12H,4,11H2/t8-/m0/s1. The van der Waals surface area contributed by atoms with Gasteiger partial charge in [0.25, 0.3) is 0 Å². The van der Waals surface area contributed by atoms with Crippen molar-refractivity contribution in [3.63, 3.8) is 0 Å². The maximum atomic E-state index is 12.7. The summed E-state index contributed by atoms with van der Waals surface area (Å²) in [5, 5.41) is 8.75. The zero-order valence-electron chi connectivity index (χ0n) is 6.30. The summed E-state index contributed by atoms with van der Waals surface area (Å²) in [6.07, 6.45) is 0. The predicted octanol–water partition coefficient (Wildman–Crippen LogP) is 1.42. The summed E-state index contributed by atoms with van der Waals surface area (Å²) in [6.45, 7) is -0.167. The van der Waals surface area contributed by atoms with Gasteiger partial charge in [0.2, 0.25) is 0 Å². The third-order valence-corrected chi connectivity index (χ3v) is 2.54. The summed E-state index contributed by atoms with van der Waals surface area (Å²) in [5.74, 6) is -0.325. The molecule has 0 aliphatic rings. The Balaban J connectivity index is 3.04.